The minimum absolute atomic E-state index is 0.127. The predicted molar refractivity (Wildman–Crippen MR) is 114 cm³/mol. The maximum atomic E-state index is 12.9. The molecule has 0 spiro atoms. The first kappa shape index (κ1) is 19.3. The lowest BCUT2D eigenvalue weighted by Gasteiger charge is -2.17. The Morgan fingerprint density at radius 3 is 3.17 bits per heavy atom. The standard InChI is InChI=1S/C21H22N4O3S/c1-13-6-7-16-17(8-13)29-20-19(16)21(27)25(12-22-20)11-18(26)24-23-10-14-4-3-5-15(9-14)28-2/h3-5,9-10,12-13H,6-8,11H2,1-2H3,(H,24,26)/b23-10-. The molecule has 1 unspecified atom stereocenters. The van der Waals surface area contributed by atoms with E-state index in [9.17, 15) is 9.59 Å². The van der Waals surface area contributed by atoms with E-state index in [0.717, 1.165) is 35.2 Å². The summed E-state index contributed by atoms with van der Waals surface area (Å²) in [5.41, 5.74) is 4.21. The molecule has 29 heavy (non-hydrogen) atoms. The summed E-state index contributed by atoms with van der Waals surface area (Å²) < 4.78 is 6.51. The average molecular weight is 410 g/mol. The third-order valence-electron chi connectivity index (χ3n) is 5.09. The summed E-state index contributed by atoms with van der Waals surface area (Å²) in [4.78, 5) is 31.6. The van der Waals surface area contributed by atoms with Crippen LogP contribution < -0.4 is 15.7 Å². The lowest BCUT2D eigenvalue weighted by molar-refractivity contribution is -0.121. The summed E-state index contributed by atoms with van der Waals surface area (Å²) in [7, 11) is 1.59. The number of rotatable bonds is 5. The predicted octanol–water partition coefficient (Wildman–Crippen LogP) is 2.74. The van der Waals surface area contributed by atoms with Crippen molar-refractivity contribution in [3.8, 4) is 5.75 Å². The first-order valence-electron chi connectivity index (χ1n) is 9.51. The minimum atomic E-state index is -0.384. The number of carbonyl (C=O) groups is 1. The molecule has 2 heterocycles. The summed E-state index contributed by atoms with van der Waals surface area (Å²) in [6.07, 6.45) is 5.94. The number of benzene rings is 1. The Balaban J connectivity index is 1.49. The fourth-order valence-corrected chi connectivity index (χ4v) is 4.91. The van der Waals surface area contributed by atoms with Gasteiger partial charge >= 0.3 is 0 Å². The van der Waals surface area contributed by atoms with E-state index in [4.69, 9.17) is 4.74 Å². The Morgan fingerprint density at radius 1 is 1.48 bits per heavy atom. The van der Waals surface area contributed by atoms with Gasteiger partial charge in [0.2, 0.25) is 0 Å². The van der Waals surface area contributed by atoms with Crippen LogP contribution in [0.15, 0.2) is 40.5 Å². The summed E-state index contributed by atoms with van der Waals surface area (Å²) >= 11 is 1.60. The molecule has 8 heteroatoms. The van der Waals surface area contributed by atoms with Crippen molar-refractivity contribution >= 4 is 33.7 Å². The van der Waals surface area contributed by atoms with E-state index in [0.29, 0.717) is 17.1 Å². The Labute approximate surface area is 172 Å². The molecule has 1 amide bonds. The van der Waals surface area contributed by atoms with E-state index in [1.807, 2.05) is 18.2 Å². The molecule has 4 rings (SSSR count). The molecule has 7 nitrogen and oxygen atoms in total. The first-order chi connectivity index (χ1) is 14.0. The van der Waals surface area contributed by atoms with Crippen LogP contribution in [0.2, 0.25) is 0 Å². The van der Waals surface area contributed by atoms with Gasteiger partial charge in [0.15, 0.2) is 0 Å². The van der Waals surface area contributed by atoms with E-state index >= 15 is 0 Å². The van der Waals surface area contributed by atoms with Crippen molar-refractivity contribution in [2.24, 2.45) is 11.0 Å². The second-order valence-corrected chi connectivity index (χ2v) is 8.36. The van der Waals surface area contributed by atoms with Gasteiger partial charge < -0.3 is 4.74 Å². The van der Waals surface area contributed by atoms with Crippen LogP contribution in [0.3, 0.4) is 0 Å². The molecule has 0 saturated carbocycles. The molecule has 2 aromatic heterocycles. The summed E-state index contributed by atoms with van der Waals surface area (Å²) in [5, 5.41) is 4.63. The van der Waals surface area contributed by atoms with Gasteiger partial charge in [0.05, 0.1) is 25.0 Å². The van der Waals surface area contributed by atoms with Crippen LogP contribution in [0.25, 0.3) is 10.2 Å². The van der Waals surface area contributed by atoms with Gasteiger partial charge in [-0.05, 0) is 48.4 Å². The Morgan fingerprint density at radius 2 is 2.34 bits per heavy atom. The van der Waals surface area contributed by atoms with Gasteiger partial charge in [-0.2, -0.15) is 5.10 Å². The highest BCUT2D eigenvalue weighted by molar-refractivity contribution is 7.18. The number of fused-ring (bicyclic) bond motifs is 3. The van der Waals surface area contributed by atoms with Crippen LogP contribution >= 0.6 is 11.3 Å². The largest absolute Gasteiger partial charge is 0.497 e. The zero-order valence-corrected chi connectivity index (χ0v) is 17.2. The van der Waals surface area contributed by atoms with Crippen LogP contribution in [0.4, 0.5) is 0 Å². The molecular formula is C21H22N4O3S. The Hall–Kier alpha value is -3.00. The molecule has 0 bridgehead atoms. The minimum Gasteiger partial charge on any atom is -0.497 e. The smallest absolute Gasteiger partial charge is 0.262 e. The lowest BCUT2D eigenvalue weighted by Crippen LogP contribution is -2.30. The van der Waals surface area contributed by atoms with Gasteiger partial charge in [-0.1, -0.05) is 19.1 Å². The van der Waals surface area contributed by atoms with Gasteiger partial charge in [0.1, 0.15) is 17.1 Å². The second-order valence-electron chi connectivity index (χ2n) is 7.28. The molecule has 0 aliphatic heterocycles. The number of hydrazone groups is 1. The molecular weight excluding hydrogens is 388 g/mol. The molecule has 1 aromatic carbocycles. The van der Waals surface area contributed by atoms with Crippen LogP contribution in [0, 0.1) is 5.92 Å². The number of hydrogen-bond acceptors (Lipinski definition) is 6. The molecule has 3 aromatic rings. The number of aryl methyl sites for hydroxylation is 1. The van der Waals surface area contributed by atoms with Crippen molar-refractivity contribution in [2.75, 3.05) is 7.11 Å². The molecule has 1 aliphatic carbocycles. The maximum Gasteiger partial charge on any atom is 0.262 e. The number of aromatic nitrogens is 2. The number of carbonyl (C=O) groups excluding carboxylic acids is 1. The fourth-order valence-electron chi connectivity index (χ4n) is 3.57. The molecule has 1 atom stereocenters. The van der Waals surface area contributed by atoms with Gasteiger partial charge in [-0.25, -0.2) is 10.4 Å². The van der Waals surface area contributed by atoms with Crippen molar-refractivity contribution in [1.82, 2.24) is 15.0 Å². The Bertz CT molecular complexity index is 1150. The maximum absolute atomic E-state index is 12.9. The van der Waals surface area contributed by atoms with E-state index in [2.05, 4.69) is 22.4 Å². The van der Waals surface area contributed by atoms with Crippen LogP contribution in [-0.2, 0) is 24.2 Å². The van der Waals surface area contributed by atoms with Gasteiger partial charge in [-0.3, -0.25) is 14.2 Å². The lowest BCUT2D eigenvalue weighted by atomic mass is 9.89. The number of ether oxygens (including phenoxy) is 1. The van der Waals surface area contributed by atoms with Crippen molar-refractivity contribution in [3.05, 3.63) is 57.0 Å². The second kappa shape index (κ2) is 8.16. The summed E-state index contributed by atoms with van der Waals surface area (Å²) in [6.45, 7) is 2.10. The quantitative estimate of drug-likeness (QED) is 0.518. The number of methoxy groups -OCH3 is 1. The molecule has 0 radical (unpaired) electrons. The molecule has 0 fully saturated rings. The van der Waals surface area contributed by atoms with Crippen molar-refractivity contribution in [3.63, 3.8) is 0 Å². The van der Waals surface area contributed by atoms with Gasteiger partial charge in [0, 0.05) is 4.88 Å². The van der Waals surface area contributed by atoms with Crippen LogP contribution in [0.5, 0.6) is 5.75 Å². The molecule has 1 N–H and O–H groups in total. The topological polar surface area (TPSA) is 85.6 Å². The van der Waals surface area contributed by atoms with Crippen molar-refractivity contribution in [1.29, 1.82) is 0 Å². The van der Waals surface area contributed by atoms with E-state index in [1.54, 1.807) is 24.5 Å². The number of nitrogens with one attached hydrogen (secondary N) is 1. The monoisotopic (exact) mass is 410 g/mol. The van der Waals surface area contributed by atoms with Crippen molar-refractivity contribution in [2.45, 2.75) is 32.7 Å². The number of thiophene rings is 1. The first-order valence-corrected chi connectivity index (χ1v) is 10.3. The third kappa shape index (κ3) is 4.07. The fraction of sp³-hybridized carbons (Fsp3) is 0.333. The molecule has 1 aliphatic rings. The summed E-state index contributed by atoms with van der Waals surface area (Å²) in [6, 6.07) is 7.32. The number of amides is 1. The number of hydrogen-bond donors (Lipinski definition) is 1. The summed E-state index contributed by atoms with van der Waals surface area (Å²) in [5.74, 6) is 0.954. The molecule has 150 valence electrons. The Kier molecular flexibility index (Phi) is 5.44. The SMILES string of the molecule is COc1cccc(/C=N\NC(=O)Cn2cnc3sc4c(c3c2=O)CCC(C)C4)c1. The van der Waals surface area contributed by atoms with E-state index < -0.39 is 0 Å². The average Bonchev–Trinajstić information content (AvgIpc) is 3.08. The highest BCUT2D eigenvalue weighted by Gasteiger charge is 2.23. The van der Waals surface area contributed by atoms with E-state index in [-0.39, 0.29) is 18.0 Å². The van der Waals surface area contributed by atoms with Crippen LogP contribution in [-0.4, -0.2) is 28.8 Å². The van der Waals surface area contributed by atoms with E-state index in [1.165, 1.54) is 22.0 Å². The van der Waals surface area contributed by atoms with Gasteiger partial charge in [-0.15, -0.1) is 11.3 Å². The normalized spacial score (nSPS) is 16.1. The zero-order chi connectivity index (χ0) is 20.4. The zero-order valence-electron chi connectivity index (χ0n) is 16.3. The molecule has 0 saturated heterocycles. The number of nitrogens with zero attached hydrogens (tertiary/aromatic N) is 3. The highest BCUT2D eigenvalue weighted by Crippen LogP contribution is 2.35. The third-order valence-corrected chi connectivity index (χ3v) is 6.26. The highest BCUT2D eigenvalue weighted by atomic mass is 32.1. The van der Waals surface area contributed by atoms with Crippen molar-refractivity contribution < 1.29 is 9.53 Å². The van der Waals surface area contributed by atoms with Gasteiger partial charge in [0.25, 0.3) is 11.5 Å². The van der Waals surface area contributed by atoms with Crippen LogP contribution in [0.1, 0.15) is 29.3 Å².